The molecule has 0 amide bonds. The van der Waals surface area contributed by atoms with E-state index in [1.165, 1.54) is 24.3 Å². The predicted octanol–water partition coefficient (Wildman–Crippen LogP) is 4.65. The molecule has 0 fully saturated rings. The summed E-state index contributed by atoms with van der Waals surface area (Å²) in [6, 6.07) is 8.97. The summed E-state index contributed by atoms with van der Waals surface area (Å²) in [6.07, 6.45) is 0. The molecule has 2 rings (SSSR count). The van der Waals surface area contributed by atoms with Crippen molar-refractivity contribution in [3.8, 4) is 5.75 Å². The molecule has 2 aromatic carbocycles. The highest BCUT2D eigenvalue weighted by Crippen LogP contribution is 2.33. The van der Waals surface area contributed by atoms with Crippen LogP contribution in [0.2, 0.25) is 0 Å². The SMILES string of the molecule is Cc1cc(Br)cc(Br)c1OC(=O)c1cccc([N+](=O)[O-])c1. The fourth-order valence-corrected chi connectivity index (χ4v) is 3.24. The van der Waals surface area contributed by atoms with Gasteiger partial charge in [0.05, 0.1) is 15.0 Å². The molecule has 0 spiro atoms. The number of carbonyl (C=O) groups is 1. The molecule has 0 N–H and O–H groups in total. The zero-order valence-electron chi connectivity index (χ0n) is 10.8. The number of benzene rings is 2. The van der Waals surface area contributed by atoms with Crippen molar-refractivity contribution in [1.82, 2.24) is 0 Å². The van der Waals surface area contributed by atoms with E-state index in [1.807, 2.05) is 0 Å². The molecule has 0 radical (unpaired) electrons. The van der Waals surface area contributed by atoms with Crippen molar-refractivity contribution in [2.45, 2.75) is 6.92 Å². The van der Waals surface area contributed by atoms with Crippen LogP contribution in [0.3, 0.4) is 0 Å². The number of carbonyl (C=O) groups excluding carboxylic acids is 1. The van der Waals surface area contributed by atoms with E-state index < -0.39 is 10.9 Å². The molecule has 7 heteroatoms. The molecule has 0 saturated carbocycles. The van der Waals surface area contributed by atoms with Gasteiger partial charge in [-0.05, 0) is 46.6 Å². The van der Waals surface area contributed by atoms with Gasteiger partial charge in [0.2, 0.25) is 0 Å². The summed E-state index contributed by atoms with van der Waals surface area (Å²) in [4.78, 5) is 22.3. The third-order valence-corrected chi connectivity index (χ3v) is 3.73. The molecule has 0 heterocycles. The highest BCUT2D eigenvalue weighted by atomic mass is 79.9. The number of non-ortho nitro benzene ring substituents is 1. The zero-order valence-corrected chi connectivity index (χ0v) is 14.0. The molecule has 0 bridgehead atoms. The van der Waals surface area contributed by atoms with Crippen LogP contribution in [0.1, 0.15) is 15.9 Å². The number of esters is 1. The van der Waals surface area contributed by atoms with Gasteiger partial charge in [0.15, 0.2) is 0 Å². The Labute approximate surface area is 137 Å². The molecule has 2 aromatic rings. The first-order valence-corrected chi connectivity index (χ1v) is 7.39. The Bertz CT molecular complexity index is 708. The van der Waals surface area contributed by atoms with E-state index in [-0.39, 0.29) is 11.3 Å². The average Bonchev–Trinajstić information content (AvgIpc) is 2.42. The lowest BCUT2D eigenvalue weighted by molar-refractivity contribution is -0.384. The Balaban J connectivity index is 2.30. The summed E-state index contributed by atoms with van der Waals surface area (Å²) in [5, 5.41) is 10.7. The maximum atomic E-state index is 12.1. The van der Waals surface area contributed by atoms with Gasteiger partial charge < -0.3 is 4.74 Å². The summed E-state index contributed by atoms with van der Waals surface area (Å²) in [6.45, 7) is 1.80. The Kier molecular flexibility index (Phi) is 4.74. The van der Waals surface area contributed by atoms with Crippen molar-refractivity contribution in [2.75, 3.05) is 0 Å². The fraction of sp³-hybridized carbons (Fsp3) is 0.0714. The van der Waals surface area contributed by atoms with Gasteiger partial charge in [-0.15, -0.1) is 0 Å². The molecule has 0 aliphatic carbocycles. The molecule has 0 atom stereocenters. The predicted molar refractivity (Wildman–Crippen MR) is 84.6 cm³/mol. The standard InChI is InChI=1S/C14H9Br2NO4/c1-8-5-10(15)7-12(16)13(8)21-14(18)9-3-2-4-11(6-9)17(19)20/h2-7H,1H3. The second-order valence-electron chi connectivity index (χ2n) is 4.23. The van der Waals surface area contributed by atoms with Gasteiger partial charge >= 0.3 is 5.97 Å². The molecule has 21 heavy (non-hydrogen) atoms. The lowest BCUT2D eigenvalue weighted by atomic mass is 10.2. The molecule has 108 valence electrons. The highest BCUT2D eigenvalue weighted by Gasteiger charge is 2.16. The Morgan fingerprint density at radius 3 is 2.57 bits per heavy atom. The van der Waals surface area contributed by atoms with E-state index in [9.17, 15) is 14.9 Å². The topological polar surface area (TPSA) is 69.4 Å². The van der Waals surface area contributed by atoms with E-state index in [1.54, 1.807) is 19.1 Å². The van der Waals surface area contributed by atoms with Gasteiger partial charge in [0, 0.05) is 16.6 Å². The minimum Gasteiger partial charge on any atom is -0.421 e. The van der Waals surface area contributed by atoms with Crippen LogP contribution < -0.4 is 4.74 Å². The monoisotopic (exact) mass is 413 g/mol. The van der Waals surface area contributed by atoms with E-state index in [2.05, 4.69) is 31.9 Å². The maximum Gasteiger partial charge on any atom is 0.343 e. The van der Waals surface area contributed by atoms with Crippen LogP contribution in [-0.4, -0.2) is 10.9 Å². The van der Waals surface area contributed by atoms with Gasteiger partial charge in [0.1, 0.15) is 5.75 Å². The molecule has 0 aliphatic heterocycles. The van der Waals surface area contributed by atoms with Crippen LogP contribution in [-0.2, 0) is 0 Å². The second-order valence-corrected chi connectivity index (χ2v) is 6.00. The summed E-state index contributed by atoms with van der Waals surface area (Å²) < 4.78 is 6.79. The third-order valence-electron chi connectivity index (χ3n) is 2.68. The van der Waals surface area contributed by atoms with Crippen LogP contribution >= 0.6 is 31.9 Å². The largest absolute Gasteiger partial charge is 0.421 e. The van der Waals surface area contributed by atoms with E-state index >= 15 is 0 Å². The first kappa shape index (κ1) is 15.7. The Morgan fingerprint density at radius 2 is 1.95 bits per heavy atom. The van der Waals surface area contributed by atoms with Gasteiger partial charge in [0.25, 0.3) is 5.69 Å². The summed E-state index contributed by atoms with van der Waals surface area (Å²) in [7, 11) is 0. The van der Waals surface area contributed by atoms with Crippen molar-refractivity contribution < 1.29 is 14.5 Å². The Hall–Kier alpha value is -1.73. The number of rotatable bonds is 3. The van der Waals surface area contributed by atoms with Crippen molar-refractivity contribution in [2.24, 2.45) is 0 Å². The van der Waals surface area contributed by atoms with E-state index in [0.717, 1.165) is 10.0 Å². The van der Waals surface area contributed by atoms with Gasteiger partial charge in [-0.2, -0.15) is 0 Å². The molecule has 5 nitrogen and oxygen atoms in total. The molecule has 0 aromatic heterocycles. The molecule has 0 unspecified atom stereocenters. The third kappa shape index (κ3) is 3.68. The lowest BCUT2D eigenvalue weighted by Gasteiger charge is -2.10. The number of aryl methyl sites for hydroxylation is 1. The molecule has 0 aliphatic rings. The van der Waals surface area contributed by atoms with Crippen molar-refractivity contribution in [3.05, 3.63) is 66.6 Å². The summed E-state index contributed by atoms with van der Waals surface area (Å²) >= 11 is 6.66. The van der Waals surface area contributed by atoms with Crippen molar-refractivity contribution in [1.29, 1.82) is 0 Å². The van der Waals surface area contributed by atoms with Crippen molar-refractivity contribution in [3.63, 3.8) is 0 Å². The van der Waals surface area contributed by atoms with E-state index in [0.29, 0.717) is 10.2 Å². The van der Waals surface area contributed by atoms with Gasteiger partial charge in [-0.25, -0.2) is 4.79 Å². The highest BCUT2D eigenvalue weighted by molar-refractivity contribution is 9.11. The number of hydrogen-bond acceptors (Lipinski definition) is 4. The summed E-state index contributed by atoms with van der Waals surface area (Å²) in [5.74, 6) is -0.264. The van der Waals surface area contributed by atoms with Gasteiger partial charge in [-0.3, -0.25) is 10.1 Å². The average molecular weight is 415 g/mol. The lowest BCUT2D eigenvalue weighted by Crippen LogP contribution is -2.10. The van der Waals surface area contributed by atoms with Crippen LogP contribution in [0.15, 0.2) is 45.3 Å². The van der Waals surface area contributed by atoms with Crippen LogP contribution in [0.25, 0.3) is 0 Å². The molecular weight excluding hydrogens is 406 g/mol. The fourth-order valence-electron chi connectivity index (χ4n) is 1.72. The minimum atomic E-state index is -0.648. The number of nitro benzene ring substituents is 1. The first-order valence-electron chi connectivity index (χ1n) is 5.81. The smallest absolute Gasteiger partial charge is 0.343 e. The second kappa shape index (κ2) is 6.36. The number of nitrogens with zero attached hydrogens (tertiary/aromatic N) is 1. The number of nitro groups is 1. The van der Waals surface area contributed by atoms with Gasteiger partial charge in [-0.1, -0.05) is 22.0 Å². The van der Waals surface area contributed by atoms with Crippen LogP contribution in [0.5, 0.6) is 5.75 Å². The number of halogens is 2. The van der Waals surface area contributed by atoms with Crippen molar-refractivity contribution >= 4 is 43.5 Å². The number of hydrogen-bond donors (Lipinski definition) is 0. The van der Waals surface area contributed by atoms with Crippen LogP contribution in [0, 0.1) is 17.0 Å². The zero-order chi connectivity index (χ0) is 15.6. The normalized spacial score (nSPS) is 10.2. The molecule has 0 saturated heterocycles. The van der Waals surface area contributed by atoms with Crippen LogP contribution in [0.4, 0.5) is 5.69 Å². The maximum absolute atomic E-state index is 12.1. The first-order chi connectivity index (χ1) is 9.88. The molecular formula is C14H9Br2NO4. The minimum absolute atomic E-state index is 0.124. The quantitative estimate of drug-likeness (QED) is 0.317. The van der Waals surface area contributed by atoms with E-state index in [4.69, 9.17) is 4.74 Å². The number of ether oxygens (including phenoxy) is 1. The summed E-state index contributed by atoms with van der Waals surface area (Å²) in [5.41, 5.74) is 0.726. The Morgan fingerprint density at radius 1 is 1.24 bits per heavy atom.